The number of fused-ring (bicyclic) bond motifs is 15. The molecule has 298 valence electrons. The minimum atomic E-state index is -0.565. The Labute approximate surface area is 375 Å². The maximum atomic E-state index is 2.54. The van der Waals surface area contributed by atoms with E-state index in [4.69, 9.17) is 0 Å². The molecule has 2 aliphatic rings. The first-order valence-electron chi connectivity index (χ1n) is 22.1. The molecule has 0 radical (unpaired) electrons. The zero-order valence-corrected chi connectivity index (χ0v) is 35.6. The number of benzene rings is 10. The van der Waals surface area contributed by atoms with Crippen LogP contribution in [0.2, 0.25) is 0 Å². The van der Waals surface area contributed by atoms with Crippen molar-refractivity contribution in [2.45, 2.75) is 5.41 Å². The van der Waals surface area contributed by atoms with Crippen LogP contribution in [0.1, 0.15) is 22.3 Å². The number of para-hydroxylation sites is 4. The van der Waals surface area contributed by atoms with Crippen molar-refractivity contribution in [2.75, 3.05) is 4.90 Å². The van der Waals surface area contributed by atoms with Crippen molar-refractivity contribution in [3.63, 3.8) is 0 Å². The smallest absolute Gasteiger partial charge is 0.0755 e. The maximum Gasteiger partial charge on any atom is 0.0755 e. The number of hydrogen-bond acceptors (Lipinski definition) is 2. The van der Waals surface area contributed by atoms with Crippen LogP contribution in [-0.4, -0.2) is 4.57 Å². The molecule has 0 saturated carbocycles. The topological polar surface area (TPSA) is 8.17 Å². The van der Waals surface area contributed by atoms with Crippen LogP contribution in [0.15, 0.2) is 231 Å². The van der Waals surface area contributed by atoms with Gasteiger partial charge in [0.05, 0.1) is 38.2 Å². The molecule has 0 fully saturated rings. The molecule has 1 unspecified atom stereocenters. The Kier molecular flexibility index (Phi) is 7.51. The van der Waals surface area contributed by atoms with Gasteiger partial charge in [0.15, 0.2) is 0 Å². The van der Waals surface area contributed by atoms with Crippen molar-refractivity contribution in [1.82, 2.24) is 4.57 Å². The first kappa shape index (κ1) is 35.6. The highest BCUT2D eigenvalue weighted by Crippen LogP contribution is 2.62. The van der Waals surface area contributed by atoms with Gasteiger partial charge >= 0.3 is 0 Å². The normalized spacial score (nSPS) is 14.6. The van der Waals surface area contributed by atoms with Crippen molar-refractivity contribution in [3.8, 4) is 39.1 Å². The van der Waals surface area contributed by atoms with Gasteiger partial charge in [-0.2, -0.15) is 0 Å². The van der Waals surface area contributed by atoms with Crippen molar-refractivity contribution >= 4 is 70.4 Å². The van der Waals surface area contributed by atoms with Crippen molar-refractivity contribution < 1.29 is 0 Å². The van der Waals surface area contributed by atoms with Gasteiger partial charge in [-0.15, -0.1) is 11.3 Å². The minimum Gasteiger partial charge on any atom is -0.309 e. The second kappa shape index (κ2) is 13.5. The number of rotatable bonds is 5. The average molecular weight is 831 g/mol. The van der Waals surface area contributed by atoms with Crippen molar-refractivity contribution in [1.29, 1.82) is 0 Å². The van der Waals surface area contributed by atoms with Gasteiger partial charge in [-0.3, -0.25) is 0 Å². The van der Waals surface area contributed by atoms with Crippen LogP contribution < -0.4 is 4.90 Å². The second-order valence-electron chi connectivity index (χ2n) is 17.1. The quantitative estimate of drug-likeness (QED) is 0.168. The molecule has 0 saturated heterocycles. The number of aromatic nitrogens is 1. The highest BCUT2D eigenvalue weighted by molar-refractivity contribution is 7.26. The van der Waals surface area contributed by atoms with E-state index in [1.54, 1.807) is 0 Å². The van der Waals surface area contributed by atoms with Crippen LogP contribution in [-0.2, 0) is 5.41 Å². The lowest BCUT2D eigenvalue weighted by atomic mass is 9.65. The van der Waals surface area contributed by atoms with E-state index in [1.807, 2.05) is 11.3 Å². The Bertz CT molecular complexity index is 3860. The molecule has 3 heterocycles. The van der Waals surface area contributed by atoms with E-state index >= 15 is 0 Å². The predicted octanol–water partition coefficient (Wildman–Crippen LogP) is 16.6. The molecule has 0 amide bonds. The molecule has 10 aromatic carbocycles. The standard InChI is InChI=1S/C61H38N2S/c1-2-16-39(17-3-1)40-32-34-41(35-33-40)43-18-5-10-27-54(43)62(57-30-15-23-49-47-21-7-13-31-58(47)64-60(49)57)42-36-37-45-44-19-4-8-24-50(44)61(53(45)38-42)51-25-9-12-29-56(51)63-55-28-11-6-20-46(55)48-22-14-26-52(61)59(48)63/h1-38H. The van der Waals surface area contributed by atoms with Gasteiger partial charge in [-0.25, -0.2) is 0 Å². The van der Waals surface area contributed by atoms with Gasteiger partial charge in [-0.1, -0.05) is 188 Å². The Morgan fingerprint density at radius 2 is 0.984 bits per heavy atom. The van der Waals surface area contributed by atoms with Crippen LogP contribution in [0.4, 0.5) is 17.1 Å². The summed E-state index contributed by atoms with van der Waals surface area (Å²) in [7, 11) is 0. The Morgan fingerprint density at radius 3 is 1.88 bits per heavy atom. The van der Waals surface area contributed by atoms with Crippen LogP contribution in [0, 0.1) is 0 Å². The van der Waals surface area contributed by atoms with Gasteiger partial charge in [0.25, 0.3) is 0 Å². The van der Waals surface area contributed by atoms with Gasteiger partial charge < -0.3 is 9.47 Å². The lowest BCUT2D eigenvalue weighted by molar-refractivity contribution is 0.748. The molecule has 1 atom stereocenters. The molecule has 64 heavy (non-hydrogen) atoms. The van der Waals surface area contributed by atoms with Crippen LogP contribution in [0.3, 0.4) is 0 Å². The molecular weight excluding hydrogens is 793 g/mol. The van der Waals surface area contributed by atoms with E-state index in [2.05, 4.69) is 240 Å². The van der Waals surface area contributed by atoms with Crippen LogP contribution >= 0.6 is 11.3 Å². The van der Waals surface area contributed by atoms with Gasteiger partial charge in [0.2, 0.25) is 0 Å². The largest absolute Gasteiger partial charge is 0.309 e. The highest BCUT2D eigenvalue weighted by atomic mass is 32.1. The van der Waals surface area contributed by atoms with E-state index in [1.165, 1.54) is 109 Å². The molecule has 14 rings (SSSR count). The molecule has 1 aliphatic heterocycles. The summed E-state index contributed by atoms with van der Waals surface area (Å²) < 4.78 is 5.09. The number of anilines is 3. The summed E-state index contributed by atoms with van der Waals surface area (Å²) in [6.45, 7) is 0. The van der Waals surface area contributed by atoms with E-state index < -0.39 is 5.41 Å². The third-order valence-electron chi connectivity index (χ3n) is 14.0. The summed E-state index contributed by atoms with van der Waals surface area (Å²) in [6.07, 6.45) is 0. The molecule has 2 aromatic heterocycles. The maximum absolute atomic E-state index is 2.54. The van der Waals surface area contributed by atoms with E-state index in [-0.39, 0.29) is 0 Å². The fraction of sp³-hybridized carbons (Fsp3) is 0.0164. The molecule has 2 nitrogen and oxygen atoms in total. The molecule has 12 aromatic rings. The third-order valence-corrected chi connectivity index (χ3v) is 15.2. The summed E-state index contributed by atoms with van der Waals surface area (Å²) in [5, 5.41) is 5.13. The van der Waals surface area contributed by atoms with Crippen molar-refractivity contribution in [2.24, 2.45) is 0 Å². The highest BCUT2D eigenvalue weighted by Gasteiger charge is 2.51. The SMILES string of the molecule is c1ccc(-c2ccc(-c3ccccc3N(c3ccc4c(c3)C3(c5ccccc5-4)c4ccccc4-n4c5ccccc5c5cccc3c54)c3cccc4c3sc3ccccc34)cc2)cc1. The fourth-order valence-electron chi connectivity index (χ4n) is 11.4. The Morgan fingerprint density at radius 1 is 0.375 bits per heavy atom. The number of hydrogen-bond donors (Lipinski definition) is 0. The number of thiophene rings is 1. The number of nitrogens with zero attached hydrogens (tertiary/aromatic N) is 2. The lowest BCUT2D eigenvalue weighted by Crippen LogP contribution is -2.33. The summed E-state index contributed by atoms with van der Waals surface area (Å²) in [6, 6.07) is 85.9. The van der Waals surface area contributed by atoms with Gasteiger partial charge in [0.1, 0.15) is 0 Å². The predicted molar refractivity (Wildman–Crippen MR) is 270 cm³/mol. The first-order chi connectivity index (χ1) is 31.8. The molecule has 1 spiro atoms. The average Bonchev–Trinajstić information content (AvgIpc) is 4.01. The lowest BCUT2D eigenvalue weighted by Gasteiger charge is -2.40. The molecule has 0 N–H and O–H groups in total. The zero-order chi connectivity index (χ0) is 41.9. The van der Waals surface area contributed by atoms with Gasteiger partial charge in [0, 0.05) is 37.5 Å². The summed E-state index contributed by atoms with van der Waals surface area (Å²) >= 11 is 1.88. The second-order valence-corrected chi connectivity index (χ2v) is 18.2. The van der Waals surface area contributed by atoms with Crippen molar-refractivity contribution in [3.05, 3.63) is 253 Å². The summed E-state index contributed by atoms with van der Waals surface area (Å²) in [4.78, 5) is 2.54. The molecular formula is C61H38N2S. The fourth-order valence-corrected chi connectivity index (χ4v) is 12.6. The molecule has 0 bridgehead atoms. The minimum absolute atomic E-state index is 0.565. The van der Waals surface area contributed by atoms with Gasteiger partial charge in [-0.05, 0) is 92.5 Å². The summed E-state index contributed by atoms with van der Waals surface area (Å²) in [5.74, 6) is 0. The Balaban J connectivity index is 1.06. The summed E-state index contributed by atoms with van der Waals surface area (Å²) in [5.41, 5.74) is 19.2. The Hall–Kier alpha value is -7.98. The van der Waals surface area contributed by atoms with E-state index in [0.29, 0.717) is 0 Å². The molecule has 1 aliphatic carbocycles. The zero-order valence-electron chi connectivity index (χ0n) is 34.7. The van der Waals surface area contributed by atoms with Crippen LogP contribution in [0.25, 0.3) is 81.0 Å². The van der Waals surface area contributed by atoms with E-state index in [9.17, 15) is 0 Å². The van der Waals surface area contributed by atoms with E-state index in [0.717, 1.165) is 11.4 Å². The monoisotopic (exact) mass is 830 g/mol. The molecule has 3 heteroatoms. The van der Waals surface area contributed by atoms with Crippen LogP contribution in [0.5, 0.6) is 0 Å². The third kappa shape index (κ3) is 4.79. The first-order valence-corrected chi connectivity index (χ1v) is 22.9.